The van der Waals surface area contributed by atoms with E-state index in [4.69, 9.17) is 4.42 Å². The number of benzene rings is 1. The molecule has 2 aromatic rings. The average Bonchev–Trinajstić information content (AvgIpc) is 2.89. The smallest absolute Gasteiger partial charge is 0.455 e. The van der Waals surface area contributed by atoms with Crippen molar-refractivity contribution in [2.24, 2.45) is 5.41 Å². The Morgan fingerprint density at radius 2 is 1.90 bits per heavy atom. The first-order valence-corrected chi connectivity index (χ1v) is 9.12. The van der Waals surface area contributed by atoms with Crippen LogP contribution < -0.4 is 4.74 Å². The molecule has 1 aromatic carbocycles. The molecule has 0 N–H and O–H groups in total. The Balaban J connectivity index is 1.85. The fraction of sp³-hybridized carbons (Fsp3) is 0.429. The topological polar surface area (TPSA) is 59.8 Å². The minimum atomic E-state index is -4.83. The number of halogens is 3. The molecule has 156 valence electrons. The molecule has 1 aliphatic carbocycles. The van der Waals surface area contributed by atoms with Crippen LogP contribution in [0.3, 0.4) is 0 Å². The van der Waals surface area contributed by atoms with Crippen LogP contribution in [0.5, 0.6) is 5.75 Å². The number of carbonyl (C=O) groups excluding carboxylic acids is 2. The highest BCUT2D eigenvalue weighted by Crippen LogP contribution is 2.38. The SMILES string of the molecule is Cc1c(C(=O)N(C)Cc2ccccc2OC(F)(F)F)oc2c1C(=O)CC(C)(C)C2. The lowest BCUT2D eigenvalue weighted by molar-refractivity contribution is -0.275. The van der Waals surface area contributed by atoms with Gasteiger partial charge in [-0.25, -0.2) is 0 Å². The summed E-state index contributed by atoms with van der Waals surface area (Å²) in [7, 11) is 1.46. The van der Waals surface area contributed by atoms with Gasteiger partial charge in [0, 0.05) is 37.6 Å². The number of fused-ring (bicyclic) bond motifs is 1. The van der Waals surface area contributed by atoms with Crippen LogP contribution in [0.2, 0.25) is 0 Å². The standard InChI is InChI=1S/C21H22F3NO4/c1-12-17-14(26)9-20(2,3)10-16(17)28-18(12)19(27)25(4)11-13-7-5-6-8-15(13)29-21(22,23)24/h5-8H,9-11H2,1-4H3. The summed E-state index contributed by atoms with van der Waals surface area (Å²) in [6, 6.07) is 5.63. The van der Waals surface area contributed by atoms with Gasteiger partial charge in [0.1, 0.15) is 11.5 Å². The maximum atomic E-state index is 12.9. The summed E-state index contributed by atoms with van der Waals surface area (Å²) < 4.78 is 47.6. The number of ketones is 1. The van der Waals surface area contributed by atoms with Crippen LogP contribution in [0.25, 0.3) is 0 Å². The Hall–Kier alpha value is -2.77. The molecule has 0 aliphatic heterocycles. The monoisotopic (exact) mass is 409 g/mol. The number of carbonyl (C=O) groups is 2. The van der Waals surface area contributed by atoms with Crippen molar-refractivity contribution in [1.29, 1.82) is 0 Å². The van der Waals surface area contributed by atoms with Gasteiger partial charge >= 0.3 is 6.36 Å². The van der Waals surface area contributed by atoms with Gasteiger partial charge < -0.3 is 14.1 Å². The van der Waals surface area contributed by atoms with Gasteiger partial charge in [0.15, 0.2) is 11.5 Å². The van der Waals surface area contributed by atoms with Crippen molar-refractivity contribution in [2.45, 2.75) is 46.5 Å². The van der Waals surface area contributed by atoms with Gasteiger partial charge in [-0.3, -0.25) is 9.59 Å². The second-order valence-electron chi connectivity index (χ2n) is 8.11. The molecule has 1 aromatic heterocycles. The highest BCUT2D eigenvalue weighted by atomic mass is 19.4. The van der Waals surface area contributed by atoms with Gasteiger partial charge in [-0.05, 0) is 18.4 Å². The van der Waals surface area contributed by atoms with Crippen molar-refractivity contribution < 1.29 is 31.9 Å². The number of Topliss-reactive ketones (excluding diaryl/α,β-unsaturated/α-hetero) is 1. The zero-order chi connectivity index (χ0) is 21.6. The molecule has 0 fully saturated rings. The van der Waals surface area contributed by atoms with Gasteiger partial charge in [0.2, 0.25) is 0 Å². The second-order valence-corrected chi connectivity index (χ2v) is 8.11. The molecule has 0 bridgehead atoms. The number of hydrogen-bond acceptors (Lipinski definition) is 4. The van der Waals surface area contributed by atoms with Crippen molar-refractivity contribution >= 4 is 11.7 Å². The Labute approximate surface area is 166 Å². The largest absolute Gasteiger partial charge is 0.573 e. The van der Waals surface area contributed by atoms with Crippen LogP contribution >= 0.6 is 0 Å². The van der Waals surface area contributed by atoms with Gasteiger partial charge in [-0.2, -0.15) is 0 Å². The summed E-state index contributed by atoms with van der Waals surface area (Å²) >= 11 is 0. The number of furan rings is 1. The molecule has 3 rings (SSSR count). The number of hydrogen-bond donors (Lipinski definition) is 0. The molecule has 8 heteroatoms. The van der Waals surface area contributed by atoms with E-state index in [2.05, 4.69) is 4.74 Å². The lowest BCUT2D eigenvalue weighted by atomic mass is 9.76. The highest BCUT2D eigenvalue weighted by molar-refractivity contribution is 6.03. The zero-order valence-electron chi connectivity index (χ0n) is 16.6. The molecular formula is C21H22F3NO4. The molecule has 0 saturated heterocycles. The molecule has 0 spiro atoms. The first kappa shape index (κ1) is 21.0. The van der Waals surface area contributed by atoms with E-state index in [1.54, 1.807) is 13.0 Å². The summed E-state index contributed by atoms with van der Waals surface area (Å²) in [6.45, 7) is 5.45. The maximum Gasteiger partial charge on any atom is 0.573 e. The third-order valence-corrected chi connectivity index (χ3v) is 4.92. The average molecular weight is 409 g/mol. The molecule has 5 nitrogen and oxygen atoms in total. The van der Waals surface area contributed by atoms with E-state index in [1.807, 2.05) is 13.8 Å². The third-order valence-electron chi connectivity index (χ3n) is 4.92. The maximum absolute atomic E-state index is 12.9. The van der Waals surface area contributed by atoms with E-state index in [-0.39, 0.29) is 34.8 Å². The quantitative estimate of drug-likeness (QED) is 0.720. The van der Waals surface area contributed by atoms with Gasteiger partial charge in [-0.1, -0.05) is 32.0 Å². The lowest BCUT2D eigenvalue weighted by Gasteiger charge is -2.27. The van der Waals surface area contributed by atoms with Crippen molar-refractivity contribution in [1.82, 2.24) is 4.90 Å². The first-order chi connectivity index (χ1) is 13.4. The Kier molecular flexibility index (Phi) is 5.23. The zero-order valence-corrected chi connectivity index (χ0v) is 16.6. The summed E-state index contributed by atoms with van der Waals surface area (Å²) in [5.74, 6) is -0.418. The minimum absolute atomic E-state index is 0.0396. The fourth-order valence-electron chi connectivity index (χ4n) is 3.65. The number of amides is 1. The molecular weight excluding hydrogens is 387 g/mol. The van der Waals surface area contributed by atoms with E-state index in [1.165, 1.54) is 30.1 Å². The molecule has 0 unspecified atom stereocenters. The van der Waals surface area contributed by atoms with Crippen LogP contribution in [0.4, 0.5) is 13.2 Å². The molecule has 1 aliphatic rings. The summed E-state index contributed by atoms with van der Waals surface area (Å²) in [5, 5.41) is 0. The third kappa shape index (κ3) is 4.46. The fourth-order valence-corrected chi connectivity index (χ4v) is 3.65. The number of ether oxygens (including phenoxy) is 1. The molecule has 29 heavy (non-hydrogen) atoms. The van der Waals surface area contributed by atoms with E-state index < -0.39 is 12.3 Å². The lowest BCUT2D eigenvalue weighted by Crippen LogP contribution is -2.27. The predicted octanol–water partition coefficient (Wildman–Crippen LogP) is 4.91. The Bertz CT molecular complexity index is 959. The van der Waals surface area contributed by atoms with Crippen LogP contribution in [-0.2, 0) is 13.0 Å². The van der Waals surface area contributed by atoms with E-state index in [0.29, 0.717) is 29.7 Å². The molecule has 1 heterocycles. The van der Waals surface area contributed by atoms with Crippen LogP contribution in [0.1, 0.15) is 58.1 Å². The minimum Gasteiger partial charge on any atom is -0.455 e. The van der Waals surface area contributed by atoms with E-state index in [9.17, 15) is 22.8 Å². The van der Waals surface area contributed by atoms with Crippen molar-refractivity contribution in [3.63, 3.8) is 0 Å². The van der Waals surface area contributed by atoms with Crippen molar-refractivity contribution in [2.75, 3.05) is 7.05 Å². The summed E-state index contributed by atoms with van der Waals surface area (Å²) in [4.78, 5) is 26.6. The number of rotatable bonds is 4. The van der Waals surface area contributed by atoms with E-state index >= 15 is 0 Å². The molecule has 0 atom stereocenters. The molecule has 1 amide bonds. The van der Waals surface area contributed by atoms with Crippen LogP contribution in [0, 0.1) is 12.3 Å². The normalized spacial score (nSPS) is 15.8. The molecule has 0 radical (unpaired) electrons. The van der Waals surface area contributed by atoms with Crippen LogP contribution in [-0.4, -0.2) is 30.0 Å². The second kappa shape index (κ2) is 7.24. The van der Waals surface area contributed by atoms with E-state index in [0.717, 1.165) is 0 Å². The van der Waals surface area contributed by atoms with Gasteiger partial charge in [0.05, 0.1) is 5.56 Å². The Morgan fingerprint density at radius 1 is 1.24 bits per heavy atom. The van der Waals surface area contributed by atoms with Crippen LogP contribution in [0.15, 0.2) is 28.7 Å². The first-order valence-electron chi connectivity index (χ1n) is 9.12. The van der Waals surface area contributed by atoms with Crippen molar-refractivity contribution in [3.05, 3.63) is 52.5 Å². The number of alkyl halides is 3. The summed E-state index contributed by atoms with van der Waals surface area (Å²) in [6.07, 6.45) is -3.93. The van der Waals surface area contributed by atoms with Gasteiger partial charge in [0.25, 0.3) is 5.91 Å². The van der Waals surface area contributed by atoms with Gasteiger partial charge in [-0.15, -0.1) is 13.2 Å². The van der Waals surface area contributed by atoms with Crippen molar-refractivity contribution in [3.8, 4) is 5.75 Å². The predicted molar refractivity (Wildman–Crippen MR) is 98.8 cm³/mol. The number of para-hydroxylation sites is 1. The summed E-state index contributed by atoms with van der Waals surface area (Å²) in [5.41, 5.74) is 0.861. The number of nitrogens with zero attached hydrogens (tertiary/aromatic N) is 1. The highest BCUT2D eigenvalue weighted by Gasteiger charge is 2.37. The Morgan fingerprint density at radius 3 is 2.55 bits per heavy atom. The molecule has 0 saturated carbocycles.